The summed E-state index contributed by atoms with van der Waals surface area (Å²) < 4.78 is 0. The molecule has 0 fully saturated rings. The fraction of sp³-hybridized carbons (Fsp3) is 0.333. The summed E-state index contributed by atoms with van der Waals surface area (Å²) in [4.78, 5) is 0. The molecule has 3 heteroatoms. The maximum atomic E-state index is 3.62. The summed E-state index contributed by atoms with van der Waals surface area (Å²) >= 11 is 0. The molecule has 0 radical (unpaired) electrons. The number of hydrogen-bond acceptors (Lipinski definition) is 3. The lowest BCUT2D eigenvalue weighted by Crippen LogP contribution is -2.36. The molecule has 50 valence electrons. The van der Waals surface area contributed by atoms with Gasteiger partial charge in [0.2, 0.25) is 0 Å². The molecule has 9 heavy (non-hydrogen) atoms. The summed E-state index contributed by atoms with van der Waals surface area (Å²) in [7, 11) is 1.94. The van der Waals surface area contributed by atoms with E-state index in [1.807, 2.05) is 35.5 Å². The van der Waals surface area contributed by atoms with Gasteiger partial charge in [0.1, 0.15) is 0 Å². The van der Waals surface area contributed by atoms with Crippen LogP contribution in [0.2, 0.25) is 0 Å². The lowest BCUT2D eigenvalue weighted by molar-refractivity contribution is 0.176. The quantitative estimate of drug-likeness (QED) is 0.536. The first-order valence-electron chi connectivity index (χ1n) is 2.88. The molecule has 0 aromatic rings. The third kappa shape index (κ3) is 1.47. The van der Waals surface area contributed by atoms with E-state index in [1.165, 1.54) is 0 Å². The van der Waals surface area contributed by atoms with Gasteiger partial charge in [-0.1, -0.05) is 6.08 Å². The summed E-state index contributed by atoms with van der Waals surface area (Å²) in [6.07, 6.45) is 5.75. The molecular weight excluding hydrogens is 114 g/mol. The minimum absolute atomic E-state index is 0.834. The maximum Gasteiger partial charge on any atom is 0.0534 e. The Morgan fingerprint density at radius 1 is 1.67 bits per heavy atom. The summed E-state index contributed by atoms with van der Waals surface area (Å²) in [6.45, 7) is 4.45. The second-order valence-corrected chi connectivity index (χ2v) is 1.95. The Labute approximate surface area is 55.2 Å². The van der Waals surface area contributed by atoms with Gasteiger partial charge in [-0.3, -0.25) is 10.0 Å². The van der Waals surface area contributed by atoms with Crippen molar-refractivity contribution >= 4 is 0 Å². The molecular formula is C6H11N3. The predicted molar refractivity (Wildman–Crippen MR) is 36.9 cm³/mol. The SMILES string of the molecule is C=CCN1C=CN(C)N1. The molecule has 1 aliphatic rings. The van der Waals surface area contributed by atoms with Crippen LogP contribution >= 0.6 is 0 Å². The van der Waals surface area contributed by atoms with Crippen LogP contribution in [-0.2, 0) is 0 Å². The van der Waals surface area contributed by atoms with Crippen LogP contribution in [0.4, 0.5) is 0 Å². The minimum Gasteiger partial charge on any atom is -0.300 e. The minimum atomic E-state index is 0.834. The zero-order valence-electron chi connectivity index (χ0n) is 5.54. The Morgan fingerprint density at radius 2 is 2.44 bits per heavy atom. The molecule has 0 aromatic carbocycles. The monoisotopic (exact) mass is 125 g/mol. The van der Waals surface area contributed by atoms with E-state index in [-0.39, 0.29) is 0 Å². The molecule has 1 N–H and O–H groups in total. The second-order valence-electron chi connectivity index (χ2n) is 1.95. The standard InChI is InChI=1S/C6H11N3/c1-3-4-9-6-5-8(2)7-9/h3,5-7H,1,4H2,2H3. The molecule has 0 unspecified atom stereocenters. The predicted octanol–water partition coefficient (Wildman–Crippen LogP) is 0.311. The Morgan fingerprint density at radius 3 is 2.89 bits per heavy atom. The molecule has 1 heterocycles. The van der Waals surface area contributed by atoms with Gasteiger partial charge in [-0.2, -0.15) is 0 Å². The molecule has 3 nitrogen and oxygen atoms in total. The summed E-state index contributed by atoms with van der Waals surface area (Å²) in [5.41, 5.74) is 3.04. The molecule has 0 spiro atoms. The summed E-state index contributed by atoms with van der Waals surface area (Å²) in [5, 5.41) is 3.82. The summed E-state index contributed by atoms with van der Waals surface area (Å²) in [5.74, 6) is 0. The zero-order chi connectivity index (χ0) is 6.69. The Balaban J connectivity index is 2.31. The third-order valence-corrected chi connectivity index (χ3v) is 1.08. The van der Waals surface area contributed by atoms with Gasteiger partial charge in [-0.05, 0) is 0 Å². The first-order valence-corrected chi connectivity index (χ1v) is 2.88. The van der Waals surface area contributed by atoms with E-state index < -0.39 is 0 Å². The van der Waals surface area contributed by atoms with Crippen molar-refractivity contribution in [2.24, 2.45) is 0 Å². The number of hydrogen-bond donors (Lipinski definition) is 1. The summed E-state index contributed by atoms with van der Waals surface area (Å²) in [6, 6.07) is 0. The van der Waals surface area contributed by atoms with Crippen molar-refractivity contribution in [3.63, 3.8) is 0 Å². The lowest BCUT2D eigenvalue weighted by atomic mass is 10.6. The van der Waals surface area contributed by atoms with Gasteiger partial charge < -0.3 is 0 Å². The van der Waals surface area contributed by atoms with Crippen LogP contribution in [0, 0.1) is 0 Å². The van der Waals surface area contributed by atoms with E-state index in [0.29, 0.717) is 0 Å². The highest BCUT2D eigenvalue weighted by Crippen LogP contribution is 1.95. The molecule has 0 bridgehead atoms. The second kappa shape index (κ2) is 2.55. The highest BCUT2D eigenvalue weighted by atomic mass is 15.8. The molecule has 1 aliphatic heterocycles. The fourth-order valence-electron chi connectivity index (χ4n) is 0.691. The first-order chi connectivity index (χ1) is 4.33. The Hall–Kier alpha value is -0.960. The van der Waals surface area contributed by atoms with Crippen LogP contribution in [0.5, 0.6) is 0 Å². The third-order valence-electron chi connectivity index (χ3n) is 1.08. The maximum absolute atomic E-state index is 3.62. The number of nitrogens with zero attached hydrogens (tertiary/aromatic N) is 2. The van der Waals surface area contributed by atoms with Crippen LogP contribution in [0.25, 0.3) is 0 Å². The van der Waals surface area contributed by atoms with E-state index in [0.717, 1.165) is 6.54 Å². The number of nitrogens with one attached hydrogen (secondary N) is 1. The average Bonchev–Trinajstić information content (AvgIpc) is 2.17. The van der Waals surface area contributed by atoms with Crippen LogP contribution in [0.3, 0.4) is 0 Å². The van der Waals surface area contributed by atoms with Crippen molar-refractivity contribution in [2.75, 3.05) is 13.6 Å². The largest absolute Gasteiger partial charge is 0.300 e. The normalized spacial score (nSPS) is 17.0. The van der Waals surface area contributed by atoms with Crippen molar-refractivity contribution in [1.82, 2.24) is 15.6 Å². The van der Waals surface area contributed by atoms with Crippen molar-refractivity contribution in [2.45, 2.75) is 0 Å². The molecule has 0 saturated heterocycles. The van der Waals surface area contributed by atoms with E-state index in [4.69, 9.17) is 0 Å². The Kier molecular flexibility index (Phi) is 1.75. The van der Waals surface area contributed by atoms with E-state index in [1.54, 1.807) is 0 Å². The molecule has 0 atom stereocenters. The van der Waals surface area contributed by atoms with Gasteiger partial charge >= 0.3 is 0 Å². The molecule has 0 saturated carbocycles. The Bertz CT molecular complexity index is 130. The molecule has 0 aliphatic carbocycles. The van der Waals surface area contributed by atoms with Crippen molar-refractivity contribution in [3.05, 3.63) is 25.1 Å². The van der Waals surface area contributed by atoms with Gasteiger partial charge in [-0.15, -0.1) is 12.1 Å². The number of rotatable bonds is 2. The van der Waals surface area contributed by atoms with Crippen molar-refractivity contribution in [3.8, 4) is 0 Å². The average molecular weight is 125 g/mol. The van der Waals surface area contributed by atoms with Crippen LogP contribution < -0.4 is 5.53 Å². The van der Waals surface area contributed by atoms with Gasteiger partial charge in [0.15, 0.2) is 0 Å². The van der Waals surface area contributed by atoms with Crippen molar-refractivity contribution < 1.29 is 0 Å². The van der Waals surface area contributed by atoms with Crippen LogP contribution in [-0.4, -0.2) is 23.6 Å². The van der Waals surface area contributed by atoms with Crippen molar-refractivity contribution in [1.29, 1.82) is 0 Å². The number of hydrazine groups is 2. The zero-order valence-corrected chi connectivity index (χ0v) is 5.54. The first kappa shape index (κ1) is 6.16. The van der Waals surface area contributed by atoms with E-state index >= 15 is 0 Å². The fourth-order valence-corrected chi connectivity index (χ4v) is 0.691. The van der Waals surface area contributed by atoms with Gasteiger partial charge in [0.05, 0.1) is 6.54 Å². The van der Waals surface area contributed by atoms with Gasteiger partial charge in [0.25, 0.3) is 0 Å². The van der Waals surface area contributed by atoms with Gasteiger partial charge in [0, 0.05) is 19.4 Å². The highest BCUT2D eigenvalue weighted by Gasteiger charge is 2.02. The van der Waals surface area contributed by atoms with Crippen LogP contribution in [0.15, 0.2) is 25.1 Å². The van der Waals surface area contributed by atoms with Crippen LogP contribution in [0.1, 0.15) is 0 Å². The van der Waals surface area contributed by atoms with E-state index in [2.05, 4.69) is 12.1 Å². The lowest BCUT2D eigenvalue weighted by Gasteiger charge is -2.16. The van der Waals surface area contributed by atoms with E-state index in [9.17, 15) is 0 Å². The smallest absolute Gasteiger partial charge is 0.0534 e. The highest BCUT2D eigenvalue weighted by molar-refractivity contribution is 4.87. The molecule has 1 rings (SSSR count). The molecule has 0 aromatic heterocycles. The topological polar surface area (TPSA) is 18.5 Å². The molecule has 0 amide bonds. The van der Waals surface area contributed by atoms with Gasteiger partial charge in [-0.25, -0.2) is 0 Å².